The molecule has 0 amide bonds. The Morgan fingerprint density at radius 2 is 2.15 bits per heavy atom. The molecule has 1 aromatic heterocycles. The first-order chi connectivity index (χ1) is 9.30. The molecule has 1 aliphatic rings. The van der Waals surface area contributed by atoms with E-state index in [4.69, 9.17) is 0 Å². The van der Waals surface area contributed by atoms with Gasteiger partial charge < -0.3 is 5.32 Å². The molecule has 0 radical (unpaired) electrons. The van der Waals surface area contributed by atoms with Crippen molar-refractivity contribution >= 4 is 15.9 Å². The number of aryl methyl sites for hydroxylation is 1. The number of aromatic nitrogens is 3. The van der Waals surface area contributed by atoms with Crippen LogP contribution < -0.4 is 5.32 Å². The summed E-state index contributed by atoms with van der Waals surface area (Å²) in [6.45, 7) is 10.3. The molecule has 0 spiro atoms. The molecule has 20 heavy (non-hydrogen) atoms. The topological polar surface area (TPSA) is 42.7 Å². The van der Waals surface area contributed by atoms with Crippen LogP contribution in [0.2, 0.25) is 0 Å². The van der Waals surface area contributed by atoms with Crippen LogP contribution in [-0.2, 0) is 7.05 Å². The Balaban J connectivity index is 2.22. The van der Waals surface area contributed by atoms with Crippen molar-refractivity contribution in [1.82, 2.24) is 20.3 Å². The molecule has 1 aromatic rings. The summed E-state index contributed by atoms with van der Waals surface area (Å²) in [4.78, 5) is 0. The minimum atomic E-state index is 0.405. The van der Waals surface area contributed by atoms with E-state index in [0.717, 1.165) is 11.1 Å². The predicted molar refractivity (Wildman–Crippen MR) is 85.7 cm³/mol. The van der Waals surface area contributed by atoms with E-state index < -0.39 is 0 Å². The van der Waals surface area contributed by atoms with Gasteiger partial charge in [-0.1, -0.05) is 32.9 Å². The number of hydrogen-bond acceptors (Lipinski definition) is 3. The van der Waals surface area contributed by atoms with Gasteiger partial charge in [-0.2, -0.15) is 0 Å². The molecular weight excluding hydrogens is 316 g/mol. The molecule has 1 fully saturated rings. The molecule has 114 valence electrons. The molecule has 4 nitrogen and oxygen atoms in total. The normalized spacial score (nSPS) is 26.1. The SMILES string of the molecule is CC(C)NCC1CCC(C)(C)CC1c1c(Br)nnn1C. The number of nitrogens with zero attached hydrogens (tertiary/aromatic N) is 3. The summed E-state index contributed by atoms with van der Waals surface area (Å²) in [6, 6.07) is 0.540. The molecule has 5 heteroatoms. The van der Waals surface area contributed by atoms with Crippen molar-refractivity contribution < 1.29 is 0 Å². The predicted octanol–water partition coefficient (Wildman–Crippen LogP) is 3.49. The molecule has 0 aliphatic heterocycles. The lowest BCUT2D eigenvalue weighted by atomic mass is 9.66. The van der Waals surface area contributed by atoms with Gasteiger partial charge in [-0.05, 0) is 53.1 Å². The van der Waals surface area contributed by atoms with Crippen LogP contribution in [-0.4, -0.2) is 27.6 Å². The van der Waals surface area contributed by atoms with Gasteiger partial charge in [0.15, 0.2) is 4.60 Å². The van der Waals surface area contributed by atoms with E-state index in [1.807, 2.05) is 11.7 Å². The Labute approximate surface area is 130 Å². The largest absolute Gasteiger partial charge is 0.314 e. The lowest BCUT2D eigenvalue weighted by Gasteiger charge is -2.41. The summed E-state index contributed by atoms with van der Waals surface area (Å²) in [5.41, 5.74) is 1.66. The minimum absolute atomic E-state index is 0.405. The second-order valence-electron chi connectivity index (χ2n) is 7.23. The number of nitrogens with one attached hydrogen (secondary N) is 1. The van der Waals surface area contributed by atoms with E-state index in [0.29, 0.717) is 23.3 Å². The fourth-order valence-electron chi connectivity index (χ4n) is 3.32. The van der Waals surface area contributed by atoms with Crippen molar-refractivity contribution in [2.45, 2.75) is 58.9 Å². The fraction of sp³-hybridized carbons (Fsp3) is 0.867. The van der Waals surface area contributed by atoms with Gasteiger partial charge in [0.05, 0.1) is 5.69 Å². The van der Waals surface area contributed by atoms with E-state index >= 15 is 0 Å². The van der Waals surface area contributed by atoms with Crippen LogP contribution in [0.1, 0.15) is 58.6 Å². The Morgan fingerprint density at radius 3 is 2.70 bits per heavy atom. The summed E-state index contributed by atoms with van der Waals surface area (Å²) < 4.78 is 2.86. The number of halogens is 1. The van der Waals surface area contributed by atoms with Crippen molar-refractivity contribution in [2.75, 3.05) is 6.54 Å². The van der Waals surface area contributed by atoms with Gasteiger partial charge >= 0.3 is 0 Å². The molecule has 2 atom stereocenters. The van der Waals surface area contributed by atoms with E-state index in [-0.39, 0.29) is 0 Å². The van der Waals surface area contributed by atoms with Crippen molar-refractivity contribution in [3.8, 4) is 0 Å². The molecule has 2 unspecified atom stereocenters. The Bertz CT molecular complexity index is 431. The summed E-state index contributed by atoms with van der Waals surface area (Å²) in [6.07, 6.45) is 3.78. The molecule has 0 saturated heterocycles. The fourth-order valence-corrected chi connectivity index (χ4v) is 3.95. The summed E-state index contributed by atoms with van der Waals surface area (Å²) in [5, 5.41) is 12.0. The van der Waals surface area contributed by atoms with Crippen molar-refractivity contribution in [3.05, 3.63) is 10.3 Å². The molecule has 0 aromatic carbocycles. The maximum Gasteiger partial charge on any atom is 0.151 e. The highest BCUT2D eigenvalue weighted by Crippen LogP contribution is 2.47. The first kappa shape index (κ1) is 16.0. The second kappa shape index (κ2) is 6.14. The summed E-state index contributed by atoms with van der Waals surface area (Å²) in [7, 11) is 2.00. The highest BCUT2D eigenvalue weighted by atomic mass is 79.9. The van der Waals surface area contributed by atoms with Gasteiger partial charge in [0.1, 0.15) is 0 Å². The highest BCUT2D eigenvalue weighted by Gasteiger charge is 2.38. The van der Waals surface area contributed by atoms with Gasteiger partial charge in [-0.15, -0.1) is 5.10 Å². The first-order valence-corrected chi connectivity index (χ1v) is 8.38. The molecule has 0 bridgehead atoms. The van der Waals surface area contributed by atoms with Gasteiger partial charge in [0, 0.05) is 19.0 Å². The standard InChI is InChI=1S/C15H27BrN4/c1-10(2)17-9-11-6-7-15(3,4)8-12(11)13-14(16)18-19-20(13)5/h10-12,17H,6-9H2,1-5H3. The third kappa shape index (κ3) is 3.61. The van der Waals surface area contributed by atoms with Gasteiger partial charge in [0.2, 0.25) is 0 Å². The minimum Gasteiger partial charge on any atom is -0.314 e. The van der Waals surface area contributed by atoms with E-state index in [2.05, 4.69) is 59.3 Å². The Hall–Kier alpha value is -0.420. The van der Waals surface area contributed by atoms with Crippen LogP contribution in [0, 0.1) is 11.3 Å². The molecule has 2 rings (SSSR count). The molecular formula is C15H27BrN4. The lowest BCUT2D eigenvalue weighted by Crippen LogP contribution is -2.37. The van der Waals surface area contributed by atoms with Crippen LogP contribution in [0.25, 0.3) is 0 Å². The summed E-state index contributed by atoms with van der Waals surface area (Å²) >= 11 is 3.58. The molecule has 1 heterocycles. The molecule has 1 aliphatic carbocycles. The quantitative estimate of drug-likeness (QED) is 0.910. The van der Waals surface area contributed by atoms with E-state index in [9.17, 15) is 0 Å². The highest BCUT2D eigenvalue weighted by molar-refractivity contribution is 9.10. The van der Waals surface area contributed by atoms with Crippen LogP contribution in [0.5, 0.6) is 0 Å². The Kier molecular flexibility index (Phi) is 4.90. The van der Waals surface area contributed by atoms with Crippen LogP contribution >= 0.6 is 15.9 Å². The molecule has 1 N–H and O–H groups in total. The zero-order valence-corrected chi connectivity index (χ0v) is 14.9. The van der Waals surface area contributed by atoms with Gasteiger partial charge in [-0.25, -0.2) is 0 Å². The number of rotatable bonds is 4. The van der Waals surface area contributed by atoms with Crippen LogP contribution in [0.4, 0.5) is 0 Å². The average Bonchev–Trinajstić information content (AvgIpc) is 2.66. The zero-order valence-electron chi connectivity index (χ0n) is 13.3. The van der Waals surface area contributed by atoms with Gasteiger partial charge in [0.25, 0.3) is 0 Å². The Morgan fingerprint density at radius 1 is 1.45 bits per heavy atom. The van der Waals surface area contributed by atoms with Crippen molar-refractivity contribution in [1.29, 1.82) is 0 Å². The van der Waals surface area contributed by atoms with Crippen LogP contribution in [0.15, 0.2) is 4.60 Å². The second-order valence-corrected chi connectivity index (χ2v) is 7.98. The zero-order chi connectivity index (χ0) is 14.9. The number of hydrogen-bond donors (Lipinski definition) is 1. The first-order valence-electron chi connectivity index (χ1n) is 7.58. The lowest BCUT2D eigenvalue weighted by molar-refractivity contribution is 0.153. The van der Waals surface area contributed by atoms with Gasteiger partial charge in [-0.3, -0.25) is 4.68 Å². The third-order valence-corrected chi connectivity index (χ3v) is 5.06. The maximum absolute atomic E-state index is 4.18. The monoisotopic (exact) mass is 342 g/mol. The molecule has 1 saturated carbocycles. The maximum atomic E-state index is 4.18. The summed E-state index contributed by atoms with van der Waals surface area (Å²) in [5.74, 6) is 1.19. The van der Waals surface area contributed by atoms with E-state index in [1.54, 1.807) is 0 Å². The third-order valence-electron chi connectivity index (χ3n) is 4.50. The van der Waals surface area contributed by atoms with E-state index in [1.165, 1.54) is 25.0 Å². The van der Waals surface area contributed by atoms with Crippen molar-refractivity contribution in [2.24, 2.45) is 18.4 Å². The average molecular weight is 343 g/mol. The van der Waals surface area contributed by atoms with Crippen molar-refractivity contribution in [3.63, 3.8) is 0 Å². The van der Waals surface area contributed by atoms with Crippen LogP contribution in [0.3, 0.4) is 0 Å². The smallest absolute Gasteiger partial charge is 0.151 e.